The highest BCUT2D eigenvalue weighted by Gasteiger charge is 2.28. The number of morpholine rings is 1. The van der Waals surface area contributed by atoms with Crippen LogP contribution in [0.1, 0.15) is 44.0 Å². The van der Waals surface area contributed by atoms with E-state index in [1.165, 1.54) is 0 Å². The Bertz CT molecular complexity index is 754. The molecule has 1 aliphatic heterocycles. The number of nitrogens with zero attached hydrogens (tertiary/aromatic N) is 3. The molecule has 1 atom stereocenters. The third-order valence-electron chi connectivity index (χ3n) is 4.48. The van der Waals surface area contributed by atoms with Crippen LogP contribution in [-0.4, -0.2) is 40.6 Å². The molecule has 0 unspecified atom stereocenters. The second-order valence-electron chi connectivity index (χ2n) is 6.67. The van der Waals surface area contributed by atoms with Crippen molar-refractivity contribution < 1.29 is 14.1 Å². The minimum Gasteiger partial charge on any atom is -0.368 e. The standard InChI is InChI=1S/C19H25N3O3/c1-5-16-18(13(4)21-25-16)15-8-6-7-14(20-15)17-11-22(9-10-24-17)19(23)12(2)3/h6-8,12,17H,5,9-11H2,1-4H3/t17-/m1/s1. The van der Waals surface area contributed by atoms with E-state index in [2.05, 4.69) is 5.16 Å². The van der Waals surface area contributed by atoms with Crippen molar-refractivity contribution in [1.82, 2.24) is 15.0 Å². The average molecular weight is 343 g/mol. The molecule has 1 aliphatic rings. The Kier molecular flexibility index (Phi) is 5.18. The SMILES string of the molecule is CCc1onc(C)c1-c1cccc([C@H]2CN(C(=O)C(C)C)CCO2)n1. The maximum Gasteiger partial charge on any atom is 0.225 e. The van der Waals surface area contributed by atoms with Gasteiger partial charge in [-0.05, 0) is 19.1 Å². The van der Waals surface area contributed by atoms with Crippen molar-refractivity contribution in [2.24, 2.45) is 5.92 Å². The first kappa shape index (κ1) is 17.6. The van der Waals surface area contributed by atoms with E-state index in [0.29, 0.717) is 19.7 Å². The summed E-state index contributed by atoms with van der Waals surface area (Å²) in [5.41, 5.74) is 3.46. The van der Waals surface area contributed by atoms with Crippen LogP contribution in [0.3, 0.4) is 0 Å². The molecule has 0 aliphatic carbocycles. The number of hydrogen-bond donors (Lipinski definition) is 0. The van der Waals surface area contributed by atoms with Crippen molar-refractivity contribution in [2.45, 2.75) is 40.2 Å². The molecule has 2 aromatic rings. The molecule has 0 radical (unpaired) electrons. The van der Waals surface area contributed by atoms with Gasteiger partial charge in [0.05, 0.1) is 35.8 Å². The minimum absolute atomic E-state index is 0.00943. The van der Waals surface area contributed by atoms with Crippen LogP contribution < -0.4 is 0 Å². The third-order valence-corrected chi connectivity index (χ3v) is 4.48. The molecule has 6 heteroatoms. The lowest BCUT2D eigenvalue weighted by Gasteiger charge is -2.33. The first-order valence-corrected chi connectivity index (χ1v) is 8.84. The smallest absolute Gasteiger partial charge is 0.225 e. The Morgan fingerprint density at radius 2 is 2.20 bits per heavy atom. The van der Waals surface area contributed by atoms with Gasteiger partial charge in [-0.2, -0.15) is 0 Å². The fourth-order valence-electron chi connectivity index (χ4n) is 3.15. The summed E-state index contributed by atoms with van der Waals surface area (Å²) in [5, 5.41) is 4.06. The molecule has 0 saturated carbocycles. The molecule has 1 saturated heterocycles. The van der Waals surface area contributed by atoms with Gasteiger partial charge in [0.15, 0.2) is 0 Å². The van der Waals surface area contributed by atoms with E-state index in [4.69, 9.17) is 14.2 Å². The normalized spacial score (nSPS) is 18.0. The Morgan fingerprint density at radius 1 is 1.40 bits per heavy atom. The Balaban J connectivity index is 1.86. The van der Waals surface area contributed by atoms with Crippen molar-refractivity contribution in [1.29, 1.82) is 0 Å². The van der Waals surface area contributed by atoms with Crippen LogP contribution in [-0.2, 0) is 16.0 Å². The van der Waals surface area contributed by atoms with Crippen LogP contribution in [0, 0.1) is 12.8 Å². The first-order chi connectivity index (χ1) is 12.0. The second-order valence-corrected chi connectivity index (χ2v) is 6.67. The molecule has 0 spiro atoms. The van der Waals surface area contributed by atoms with Crippen LogP contribution in [0.2, 0.25) is 0 Å². The Hall–Kier alpha value is -2.21. The van der Waals surface area contributed by atoms with Gasteiger partial charge in [0, 0.05) is 18.9 Å². The van der Waals surface area contributed by atoms with Crippen LogP contribution >= 0.6 is 0 Å². The van der Waals surface area contributed by atoms with Crippen molar-refractivity contribution in [3.05, 3.63) is 35.3 Å². The lowest BCUT2D eigenvalue weighted by molar-refractivity contribution is -0.142. The zero-order valence-corrected chi connectivity index (χ0v) is 15.3. The number of aryl methyl sites for hydroxylation is 2. The summed E-state index contributed by atoms with van der Waals surface area (Å²) >= 11 is 0. The van der Waals surface area contributed by atoms with Gasteiger partial charge in [0.1, 0.15) is 11.9 Å². The van der Waals surface area contributed by atoms with Crippen LogP contribution in [0.15, 0.2) is 22.7 Å². The van der Waals surface area contributed by atoms with Crippen molar-refractivity contribution in [3.8, 4) is 11.3 Å². The fraction of sp³-hybridized carbons (Fsp3) is 0.526. The van der Waals surface area contributed by atoms with E-state index in [1.807, 2.05) is 50.8 Å². The van der Waals surface area contributed by atoms with E-state index in [9.17, 15) is 4.79 Å². The van der Waals surface area contributed by atoms with Gasteiger partial charge >= 0.3 is 0 Å². The maximum absolute atomic E-state index is 12.3. The molecule has 134 valence electrons. The lowest BCUT2D eigenvalue weighted by Crippen LogP contribution is -2.44. The fourth-order valence-corrected chi connectivity index (χ4v) is 3.15. The highest BCUT2D eigenvalue weighted by Crippen LogP contribution is 2.29. The van der Waals surface area contributed by atoms with E-state index >= 15 is 0 Å². The van der Waals surface area contributed by atoms with Gasteiger partial charge in [-0.15, -0.1) is 0 Å². The van der Waals surface area contributed by atoms with E-state index in [-0.39, 0.29) is 17.9 Å². The lowest BCUT2D eigenvalue weighted by atomic mass is 10.1. The molecule has 6 nitrogen and oxygen atoms in total. The van der Waals surface area contributed by atoms with E-state index in [1.54, 1.807) is 0 Å². The number of carbonyl (C=O) groups is 1. The molecule has 3 heterocycles. The predicted molar refractivity (Wildman–Crippen MR) is 94.0 cm³/mol. The van der Waals surface area contributed by atoms with Gasteiger partial charge in [-0.25, -0.2) is 4.98 Å². The molecule has 3 rings (SSSR count). The average Bonchev–Trinajstić information content (AvgIpc) is 3.02. The van der Waals surface area contributed by atoms with Gasteiger partial charge in [0.2, 0.25) is 5.91 Å². The molecule has 25 heavy (non-hydrogen) atoms. The third kappa shape index (κ3) is 3.58. The molecular formula is C19H25N3O3. The molecule has 0 bridgehead atoms. The summed E-state index contributed by atoms with van der Waals surface area (Å²) in [6.07, 6.45) is 0.556. The molecule has 1 fully saturated rings. The largest absolute Gasteiger partial charge is 0.368 e. The number of carbonyl (C=O) groups excluding carboxylic acids is 1. The summed E-state index contributed by atoms with van der Waals surface area (Å²) in [6, 6.07) is 5.88. The first-order valence-electron chi connectivity index (χ1n) is 8.84. The van der Waals surface area contributed by atoms with E-state index in [0.717, 1.165) is 34.8 Å². The van der Waals surface area contributed by atoms with Gasteiger partial charge in [-0.1, -0.05) is 32.0 Å². The number of amides is 1. The summed E-state index contributed by atoms with van der Waals surface area (Å²) in [5.74, 6) is 0.987. The van der Waals surface area contributed by atoms with Crippen LogP contribution in [0.4, 0.5) is 0 Å². The topological polar surface area (TPSA) is 68.5 Å². The van der Waals surface area contributed by atoms with Crippen molar-refractivity contribution in [2.75, 3.05) is 19.7 Å². The number of ether oxygens (including phenoxy) is 1. The highest BCUT2D eigenvalue weighted by molar-refractivity contribution is 5.78. The van der Waals surface area contributed by atoms with Crippen molar-refractivity contribution >= 4 is 5.91 Å². The van der Waals surface area contributed by atoms with Gasteiger partial charge in [-0.3, -0.25) is 4.79 Å². The molecular weight excluding hydrogens is 318 g/mol. The van der Waals surface area contributed by atoms with Gasteiger partial charge in [0.25, 0.3) is 0 Å². The predicted octanol–water partition coefficient (Wildman–Crippen LogP) is 3.16. The number of rotatable bonds is 4. The highest BCUT2D eigenvalue weighted by atomic mass is 16.5. The quantitative estimate of drug-likeness (QED) is 0.853. The summed E-state index contributed by atoms with van der Waals surface area (Å²) in [6.45, 7) is 9.51. The summed E-state index contributed by atoms with van der Waals surface area (Å²) in [4.78, 5) is 18.9. The minimum atomic E-state index is -0.207. The monoisotopic (exact) mass is 343 g/mol. The zero-order valence-electron chi connectivity index (χ0n) is 15.3. The number of aromatic nitrogens is 2. The van der Waals surface area contributed by atoms with Gasteiger partial charge < -0.3 is 14.2 Å². The van der Waals surface area contributed by atoms with Crippen LogP contribution in [0.25, 0.3) is 11.3 Å². The molecule has 2 aromatic heterocycles. The van der Waals surface area contributed by atoms with Crippen LogP contribution in [0.5, 0.6) is 0 Å². The molecule has 0 N–H and O–H groups in total. The summed E-state index contributed by atoms with van der Waals surface area (Å²) in [7, 11) is 0. The second kappa shape index (κ2) is 7.35. The Labute approximate surface area is 148 Å². The number of pyridine rings is 1. The van der Waals surface area contributed by atoms with E-state index < -0.39 is 0 Å². The van der Waals surface area contributed by atoms with Crippen molar-refractivity contribution in [3.63, 3.8) is 0 Å². The molecule has 0 aromatic carbocycles. The maximum atomic E-state index is 12.3. The summed E-state index contributed by atoms with van der Waals surface area (Å²) < 4.78 is 11.3. The Morgan fingerprint density at radius 3 is 2.92 bits per heavy atom. The number of hydrogen-bond acceptors (Lipinski definition) is 5. The zero-order chi connectivity index (χ0) is 18.0. The molecule has 1 amide bonds.